The summed E-state index contributed by atoms with van der Waals surface area (Å²) in [7, 11) is 1.94. The number of rotatable bonds is 2. The van der Waals surface area contributed by atoms with E-state index >= 15 is 0 Å². The Hall–Kier alpha value is -0.530. The summed E-state index contributed by atoms with van der Waals surface area (Å²) in [6, 6.07) is 0.528. The number of amides is 1. The van der Waals surface area contributed by atoms with Gasteiger partial charge < -0.3 is 4.90 Å². The Kier molecular flexibility index (Phi) is 3.12. The molecule has 0 aromatic carbocycles. The van der Waals surface area contributed by atoms with Crippen molar-refractivity contribution < 1.29 is 4.79 Å². The van der Waals surface area contributed by atoms with Crippen LogP contribution in [0, 0.1) is 5.92 Å². The summed E-state index contributed by atoms with van der Waals surface area (Å²) in [5.74, 6) is 0.442. The summed E-state index contributed by atoms with van der Waals surface area (Å²) in [6.07, 6.45) is 4.99. The molecule has 2 heteroatoms. The van der Waals surface area contributed by atoms with E-state index in [0.717, 1.165) is 0 Å². The third-order valence-electron chi connectivity index (χ3n) is 2.71. The number of nitrogens with zero attached hydrogens (tertiary/aromatic N) is 1. The summed E-state index contributed by atoms with van der Waals surface area (Å²) in [4.78, 5) is 13.5. The fraction of sp³-hybridized carbons (Fsp3) is 0.900. The largest absolute Gasteiger partial charge is 0.343 e. The molecule has 0 saturated heterocycles. The summed E-state index contributed by atoms with van der Waals surface area (Å²) in [6.45, 7) is 3.93. The highest BCUT2D eigenvalue weighted by Gasteiger charge is 2.24. The third kappa shape index (κ3) is 1.99. The third-order valence-corrected chi connectivity index (χ3v) is 2.71. The van der Waals surface area contributed by atoms with E-state index in [1.54, 1.807) is 0 Å². The molecule has 0 unspecified atom stereocenters. The van der Waals surface area contributed by atoms with Gasteiger partial charge in [0.15, 0.2) is 0 Å². The lowest BCUT2D eigenvalue weighted by atomic mass is 10.1. The molecule has 0 aromatic rings. The van der Waals surface area contributed by atoms with Crippen molar-refractivity contribution in [3.8, 4) is 0 Å². The Balaban J connectivity index is 2.45. The average molecular weight is 169 g/mol. The van der Waals surface area contributed by atoms with E-state index in [-0.39, 0.29) is 5.92 Å². The molecule has 0 aromatic heterocycles. The zero-order valence-electron chi connectivity index (χ0n) is 8.34. The maximum absolute atomic E-state index is 11.6. The van der Waals surface area contributed by atoms with Gasteiger partial charge in [-0.15, -0.1) is 0 Å². The van der Waals surface area contributed by atoms with Crippen molar-refractivity contribution >= 4 is 5.91 Å². The van der Waals surface area contributed by atoms with Crippen LogP contribution < -0.4 is 0 Å². The molecule has 1 amide bonds. The highest BCUT2D eigenvalue weighted by molar-refractivity contribution is 5.78. The van der Waals surface area contributed by atoms with Crippen molar-refractivity contribution in [2.45, 2.75) is 45.6 Å². The Bertz CT molecular complexity index is 159. The fourth-order valence-corrected chi connectivity index (χ4v) is 1.88. The van der Waals surface area contributed by atoms with Gasteiger partial charge in [0.25, 0.3) is 0 Å². The normalized spacial score (nSPS) is 18.7. The van der Waals surface area contributed by atoms with Crippen molar-refractivity contribution in [3.63, 3.8) is 0 Å². The van der Waals surface area contributed by atoms with Gasteiger partial charge in [-0.3, -0.25) is 4.79 Å². The second-order valence-corrected chi connectivity index (χ2v) is 4.04. The van der Waals surface area contributed by atoms with Crippen molar-refractivity contribution in [2.75, 3.05) is 7.05 Å². The summed E-state index contributed by atoms with van der Waals surface area (Å²) < 4.78 is 0. The minimum atomic E-state index is 0.149. The minimum Gasteiger partial charge on any atom is -0.343 e. The Morgan fingerprint density at radius 3 is 2.25 bits per heavy atom. The minimum absolute atomic E-state index is 0.149. The molecule has 1 fully saturated rings. The van der Waals surface area contributed by atoms with E-state index in [9.17, 15) is 4.79 Å². The van der Waals surface area contributed by atoms with E-state index in [0.29, 0.717) is 11.9 Å². The molecule has 2 nitrogen and oxygen atoms in total. The molecule has 12 heavy (non-hydrogen) atoms. The van der Waals surface area contributed by atoms with Gasteiger partial charge in [0.2, 0.25) is 5.91 Å². The molecule has 0 heterocycles. The molecule has 1 rings (SSSR count). The van der Waals surface area contributed by atoms with E-state index < -0.39 is 0 Å². The van der Waals surface area contributed by atoms with Gasteiger partial charge in [-0.2, -0.15) is 0 Å². The van der Waals surface area contributed by atoms with Crippen LogP contribution in [-0.2, 0) is 4.79 Å². The van der Waals surface area contributed by atoms with Crippen molar-refractivity contribution in [1.29, 1.82) is 0 Å². The zero-order valence-corrected chi connectivity index (χ0v) is 8.34. The van der Waals surface area contributed by atoms with Gasteiger partial charge in [0.1, 0.15) is 0 Å². The lowest BCUT2D eigenvalue weighted by Gasteiger charge is -2.25. The molecular weight excluding hydrogens is 150 g/mol. The second kappa shape index (κ2) is 3.92. The molecule has 0 N–H and O–H groups in total. The van der Waals surface area contributed by atoms with Gasteiger partial charge >= 0.3 is 0 Å². The maximum Gasteiger partial charge on any atom is 0.225 e. The van der Waals surface area contributed by atoms with E-state index in [1.165, 1.54) is 25.7 Å². The predicted octanol–water partition coefficient (Wildman–Crippen LogP) is 2.04. The van der Waals surface area contributed by atoms with Gasteiger partial charge in [-0.1, -0.05) is 26.7 Å². The fourth-order valence-electron chi connectivity index (χ4n) is 1.88. The standard InChI is InChI=1S/C10H19NO/c1-8(2)10(12)11(3)9-6-4-5-7-9/h8-9H,4-7H2,1-3H3. The number of carbonyl (C=O) groups is 1. The van der Waals surface area contributed by atoms with Crippen LogP contribution in [-0.4, -0.2) is 23.9 Å². The Morgan fingerprint density at radius 1 is 1.33 bits per heavy atom. The average Bonchev–Trinajstić information content (AvgIpc) is 2.53. The van der Waals surface area contributed by atoms with Crippen LogP contribution in [0.25, 0.3) is 0 Å². The summed E-state index contributed by atoms with van der Waals surface area (Å²) in [5, 5.41) is 0. The molecule has 0 bridgehead atoms. The van der Waals surface area contributed by atoms with Crippen LogP contribution in [0.15, 0.2) is 0 Å². The van der Waals surface area contributed by atoms with Gasteiger partial charge in [0, 0.05) is 19.0 Å². The van der Waals surface area contributed by atoms with Gasteiger partial charge in [-0.05, 0) is 12.8 Å². The van der Waals surface area contributed by atoms with Crippen molar-refractivity contribution in [3.05, 3.63) is 0 Å². The molecule has 0 spiro atoms. The molecule has 1 aliphatic rings. The first-order chi connectivity index (χ1) is 5.63. The first-order valence-electron chi connectivity index (χ1n) is 4.89. The highest BCUT2D eigenvalue weighted by Crippen LogP contribution is 2.23. The van der Waals surface area contributed by atoms with Gasteiger partial charge in [-0.25, -0.2) is 0 Å². The van der Waals surface area contributed by atoms with Crippen LogP contribution in [0.2, 0.25) is 0 Å². The van der Waals surface area contributed by atoms with E-state index in [2.05, 4.69) is 0 Å². The SMILES string of the molecule is CC(C)C(=O)N(C)C1CCCC1. The first kappa shape index (κ1) is 9.56. The molecule has 0 radical (unpaired) electrons. The molecule has 1 saturated carbocycles. The van der Waals surface area contributed by atoms with Crippen LogP contribution in [0.4, 0.5) is 0 Å². The second-order valence-electron chi connectivity index (χ2n) is 4.04. The van der Waals surface area contributed by atoms with Crippen LogP contribution in [0.3, 0.4) is 0 Å². The van der Waals surface area contributed by atoms with Crippen LogP contribution >= 0.6 is 0 Å². The monoisotopic (exact) mass is 169 g/mol. The summed E-state index contributed by atoms with van der Waals surface area (Å²) in [5.41, 5.74) is 0. The zero-order chi connectivity index (χ0) is 9.14. The van der Waals surface area contributed by atoms with E-state index in [4.69, 9.17) is 0 Å². The highest BCUT2D eigenvalue weighted by atomic mass is 16.2. The lowest BCUT2D eigenvalue weighted by molar-refractivity contribution is -0.135. The first-order valence-corrected chi connectivity index (χ1v) is 4.89. The number of hydrogen-bond acceptors (Lipinski definition) is 1. The predicted molar refractivity (Wildman–Crippen MR) is 49.9 cm³/mol. The van der Waals surface area contributed by atoms with E-state index in [1.807, 2.05) is 25.8 Å². The van der Waals surface area contributed by atoms with Crippen molar-refractivity contribution in [1.82, 2.24) is 4.90 Å². The molecule has 70 valence electrons. The number of carbonyl (C=O) groups excluding carboxylic acids is 1. The maximum atomic E-state index is 11.6. The molecular formula is C10H19NO. The topological polar surface area (TPSA) is 20.3 Å². The smallest absolute Gasteiger partial charge is 0.225 e. The number of hydrogen-bond donors (Lipinski definition) is 0. The molecule has 0 aliphatic heterocycles. The molecule has 1 aliphatic carbocycles. The van der Waals surface area contributed by atoms with Gasteiger partial charge in [0.05, 0.1) is 0 Å². The molecule has 0 atom stereocenters. The van der Waals surface area contributed by atoms with Crippen LogP contribution in [0.5, 0.6) is 0 Å². The Labute approximate surface area is 74.9 Å². The van der Waals surface area contributed by atoms with Crippen molar-refractivity contribution in [2.24, 2.45) is 5.92 Å². The Morgan fingerprint density at radius 2 is 1.83 bits per heavy atom. The lowest BCUT2D eigenvalue weighted by Crippen LogP contribution is -2.37. The quantitative estimate of drug-likeness (QED) is 0.619. The summed E-state index contributed by atoms with van der Waals surface area (Å²) >= 11 is 0. The van der Waals surface area contributed by atoms with Crippen LogP contribution in [0.1, 0.15) is 39.5 Å².